The van der Waals surface area contributed by atoms with Gasteiger partial charge in [-0.05, 0) is 49.2 Å². The highest BCUT2D eigenvalue weighted by Crippen LogP contribution is 2.22. The number of imidazole rings is 1. The quantitative estimate of drug-likeness (QED) is 0.304. The number of aromatic nitrogens is 3. The van der Waals surface area contributed by atoms with Gasteiger partial charge in [0.1, 0.15) is 6.04 Å². The maximum atomic E-state index is 12.9. The van der Waals surface area contributed by atoms with Crippen LogP contribution in [0.2, 0.25) is 0 Å². The molecule has 0 saturated carbocycles. The number of amides is 1. The van der Waals surface area contributed by atoms with E-state index in [0.717, 1.165) is 11.0 Å². The first kappa shape index (κ1) is 26.0. The molecule has 10 nitrogen and oxygen atoms in total. The molecule has 0 unspecified atom stereocenters. The Bertz CT molecular complexity index is 1540. The van der Waals surface area contributed by atoms with Gasteiger partial charge in [0, 0.05) is 12.1 Å². The summed E-state index contributed by atoms with van der Waals surface area (Å²) in [6.07, 6.45) is 1.51. The van der Waals surface area contributed by atoms with Crippen LogP contribution in [0.1, 0.15) is 31.4 Å². The van der Waals surface area contributed by atoms with Crippen molar-refractivity contribution in [2.24, 2.45) is 5.92 Å². The Hall–Kier alpha value is -4.09. The van der Waals surface area contributed by atoms with Crippen LogP contribution >= 0.6 is 0 Å². The van der Waals surface area contributed by atoms with Crippen LogP contribution in [0.5, 0.6) is 0 Å². The van der Waals surface area contributed by atoms with Crippen LogP contribution in [0, 0.1) is 5.92 Å². The number of aryl methyl sites for hydroxylation is 1. The summed E-state index contributed by atoms with van der Waals surface area (Å²) >= 11 is 0. The van der Waals surface area contributed by atoms with E-state index < -0.39 is 28.0 Å². The maximum absolute atomic E-state index is 12.9. The third-order valence-electron chi connectivity index (χ3n) is 5.87. The van der Waals surface area contributed by atoms with E-state index in [-0.39, 0.29) is 10.8 Å². The normalized spacial score (nSPS) is 12.5. The standard InChI is InChI=1S/C26H27N5O5S/c1-4-31-22-8-6-5-7-21(22)29-24(31)25(32)28-18-11-14-20(27-15-18)17-9-12-19(13-10-17)37(35,36)30-23(16(2)3)26(33)34/h5-16,23,30H,4H2,1-3H3,(H,28,32)(H,33,34)/t23-/m0/s1. The second-order valence-electron chi connectivity index (χ2n) is 8.76. The fraction of sp³-hybridized carbons (Fsp3) is 0.231. The van der Waals surface area contributed by atoms with Crippen LogP contribution < -0.4 is 10.0 Å². The van der Waals surface area contributed by atoms with E-state index in [4.69, 9.17) is 0 Å². The Morgan fingerprint density at radius 2 is 1.73 bits per heavy atom. The number of nitrogens with one attached hydrogen (secondary N) is 2. The summed E-state index contributed by atoms with van der Waals surface area (Å²) in [7, 11) is -4.02. The summed E-state index contributed by atoms with van der Waals surface area (Å²) in [6.45, 7) is 5.79. The lowest BCUT2D eigenvalue weighted by Crippen LogP contribution is -2.44. The highest BCUT2D eigenvalue weighted by atomic mass is 32.2. The summed E-state index contributed by atoms with van der Waals surface area (Å²) < 4.78 is 29.3. The van der Waals surface area contributed by atoms with Crippen molar-refractivity contribution in [2.75, 3.05) is 5.32 Å². The smallest absolute Gasteiger partial charge is 0.322 e. The lowest BCUT2D eigenvalue weighted by Gasteiger charge is -2.18. The van der Waals surface area contributed by atoms with Gasteiger partial charge in [-0.15, -0.1) is 0 Å². The predicted molar refractivity (Wildman–Crippen MR) is 140 cm³/mol. The summed E-state index contributed by atoms with van der Waals surface area (Å²) in [5, 5.41) is 12.1. The van der Waals surface area contributed by atoms with Crippen LogP contribution in [0.25, 0.3) is 22.3 Å². The highest BCUT2D eigenvalue weighted by Gasteiger charge is 2.28. The molecule has 192 valence electrons. The molecule has 11 heteroatoms. The van der Waals surface area contributed by atoms with Crippen LogP contribution in [-0.2, 0) is 21.4 Å². The molecule has 0 aliphatic rings. The van der Waals surface area contributed by atoms with E-state index in [1.165, 1.54) is 18.3 Å². The molecule has 0 spiro atoms. The topological polar surface area (TPSA) is 143 Å². The zero-order chi connectivity index (χ0) is 26.7. The van der Waals surface area contributed by atoms with Crippen molar-refractivity contribution < 1.29 is 23.1 Å². The summed E-state index contributed by atoms with van der Waals surface area (Å²) in [5.41, 5.74) is 3.34. The van der Waals surface area contributed by atoms with Gasteiger partial charge in [-0.25, -0.2) is 13.4 Å². The van der Waals surface area contributed by atoms with E-state index in [1.54, 1.807) is 38.1 Å². The molecule has 1 atom stereocenters. The van der Waals surface area contributed by atoms with Gasteiger partial charge >= 0.3 is 5.97 Å². The van der Waals surface area contributed by atoms with Crippen molar-refractivity contribution >= 4 is 38.6 Å². The van der Waals surface area contributed by atoms with Gasteiger partial charge in [-0.3, -0.25) is 14.6 Å². The Labute approximate surface area is 214 Å². The largest absolute Gasteiger partial charge is 0.480 e. The second-order valence-corrected chi connectivity index (χ2v) is 10.5. The molecule has 3 N–H and O–H groups in total. The number of carboxylic acids is 1. The van der Waals surface area contributed by atoms with Crippen molar-refractivity contribution in [3.05, 3.63) is 72.7 Å². The molecular weight excluding hydrogens is 494 g/mol. The van der Waals surface area contributed by atoms with Gasteiger partial charge < -0.3 is 15.0 Å². The van der Waals surface area contributed by atoms with Gasteiger partial charge in [-0.2, -0.15) is 4.72 Å². The number of pyridine rings is 1. The first-order chi connectivity index (χ1) is 17.6. The zero-order valence-corrected chi connectivity index (χ0v) is 21.4. The number of nitrogens with zero attached hydrogens (tertiary/aromatic N) is 3. The van der Waals surface area contributed by atoms with Crippen LogP contribution in [0.3, 0.4) is 0 Å². The molecular formula is C26H27N5O5S. The molecule has 0 saturated heterocycles. The molecule has 0 fully saturated rings. The third-order valence-corrected chi connectivity index (χ3v) is 7.33. The first-order valence-electron chi connectivity index (χ1n) is 11.7. The number of hydrogen-bond donors (Lipinski definition) is 3. The van der Waals surface area contributed by atoms with Crippen molar-refractivity contribution in [3.63, 3.8) is 0 Å². The predicted octanol–water partition coefficient (Wildman–Crippen LogP) is 3.76. The monoisotopic (exact) mass is 521 g/mol. The highest BCUT2D eigenvalue weighted by molar-refractivity contribution is 7.89. The molecule has 37 heavy (non-hydrogen) atoms. The van der Waals surface area contributed by atoms with Gasteiger partial charge in [0.05, 0.1) is 33.5 Å². The van der Waals surface area contributed by atoms with Gasteiger partial charge in [0.25, 0.3) is 5.91 Å². The Morgan fingerprint density at radius 3 is 2.32 bits per heavy atom. The number of sulfonamides is 1. The Kier molecular flexibility index (Phi) is 7.37. The van der Waals surface area contributed by atoms with Crippen LogP contribution in [-0.4, -0.2) is 46.0 Å². The first-order valence-corrected chi connectivity index (χ1v) is 13.2. The lowest BCUT2D eigenvalue weighted by atomic mass is 10.1. The number of rotatable bonds is 9. The minimum atomic E-state index is -4.02. The van der Waals surface area contributed by atoms with Gasteiger partial charge in [-0.1, -0.05) is 38.1 Å². The van der Waals surface area contributed by atoms with Crippen molar-refractivity contribution in [1.82, 2.24) is 19.3 Å². The molecule has 4 aromatic rings. The Balaban J connectivity index is 1.48. The fourth-order valence-corrected chi connectivity index (χ4v) is 5.24. The average molecular weight is 522 g/mol. The number of carbonyl (C=O) groups excluding carboxylic acids is 1. The molecule has 0 radical (unpaired) electrons. The molecule has 2 heterocycles. The van der Waals surface area contributed by atoms with E-state index >= 15 is 0 Å². The molecule has 2 aromatic heterocycles. The minimum absolute atomic E-state index is 0.0501. The van der Waals surface area contributed by atoms with E-state index in [9.17, 15) is 23.1 Å². The maximum Gasteiger partial charge on any atom is 0.322 e. The second kappa shape index (κ2) is 10.5. The van der Waals surface area contributed by atoms with Crippen molar-refractivity contribution in [2.45, 2.75) is 38.3 Å². The van der Waals surface area contributed by atoms with Crippen molar-refractivity contribution in [3.8, 4) is 11.3 Å². The number of para-hydroxylation sites is 2. The van der Waals surface area contributed by atoms with Gasteiger partial charge in [0.2, 0.25) is 10.0 Å². The third kappa shape index (κ3) is 5.52. The molecule has 2 aromatic carbocycles. The Morgan fingerprint density at radius 1 is 1.03 bits per heavy atom. The van der Waals surface area contributed by atoms with Crippen LogP contribution in [0.4, 0.5) is 5.69 Å². The fourth-order valence-electron chi connectivity index (χ4n) is 3.91. The summed E-state index contributed by atoms with van der Waals surface area (Å²) in [5.74, 6) is -1.70. The number of benzene rings is 2. The van der Waals surface area contributed by atoms with E-state index in [0.29, 0.717) is 29.3 Å². The number of hydrogen-bond acceptors (Lipinski definition) is 6. The molecule has 1 amide bonds. The van der Waals surface area contributed by atoms with E-state index in [2.05, 4.69) is 20.0 Å². The minimum Gasteiger partial charge on any atom is -0.480 e. The number of carbonyl (C=O) groups is 2. The van der Waals surface area contributed by atoms with E-state index in [1.807, 2.05) is 35.8 Å². The summed E-state index contributed by atoms with van der Waals surface area (Å²) in [6, 6.07) is 15.7. The zero-order valence-electron chi connectivity index (χ0n) is 20.5. The lowest BCUT2D eigenvalue weighted by molar-refractivity contribution is -0.140. The molecule has 0 aliphatic carbocycles. The number of carboxylic acid groups (broad SMARTS) is 1. The number of anilines is 1. The SMILES string of the molecule is CCn1c(C(=O)Nc2ccc(-c3ccc(S(=O)(=O)N[C@H](C(=O)O)C(C)C)cc3)nc2)nc2ccccc21. The molecule has 4 rings (SSSR count). The number of fused-ring (bicyclic) bond motifs is 1. The molecule has 0 bridgehead atoms. The average Bonchev–Trinajstić information content (AvgIpc) is 3.26. The van der Waals surface area contributed by atoms with Crippen LogP contribution in [0.15, 0.2) is 71.8 Å². The van der Waals surface area contributed by atoms with Crippen molar-refractivity contribution in [1.29, 1.82) is 0 Å². The van der Waals surface area contributed by atoms with Gasteiger partial charge in [0.15, 0.2) is 5.82 Å². The number of aliphatic carboxylic acids is 1. The molecule has 0 aliphatic heterocycles. The summed E-state index contributed by atoms with van der Waals surface area (Å²) in [4.78, 5) is 33.0.